The van der Waals surface area contributed by atoms with E-state index in [4.69, 9.17) is 4.52 Å². The van der Waals surface area contributed by atoms with Crippen LogP contribution in [0.25, 0.3) is 0 Å². The first-order valence-corrected chi connectivity index (χ1v) is 9.78. The van der Waals surface area contributed by atoms with Crippen LogP contribution in [-0.2, 0) is 0 Å². The van der Waals surface area contributed by atoms with Crippen molar-refractivity contribution in [2.45, 2.75) is 20.8 Å². The molecule has 1 fully saturated rings. The van der Waals surface area contributed by atoms with Crippen LogP contribution >= 0.6 is 0 Å². The van der Waals surface area contributed by atoms with E-state index in [1.807, 2.05) is 6.07 Å². The smallest absolute Gasteiger partial charge is 0.275 e. The monoisotopic (exact) mass is 391 g/mol. The molecule has 0 spiro atoms. The molecule has 1 aliphatic heterocycles. The maximum absolute atomic E-state index is 12.3. The maximum Gasteiger partial charge on any atom is 0.275 e. The lowest BCUT2D eigenvalue weighted by molar-refractivity contribution is 0.102. The van der Waals surface area contributed by atoms with Crippen LogP contribution in [0.2, 0.25) is 0 Å². The van der Waals surface area contributed by atoms with Crippen LogP contribution in [0.5, 0.6) is 0 Å². The maximum atomic E-state index is 12.3. The fourth-order valence-corrected chi connectivity index (χ4v) is 3.60. The summed E-state index contributed by atoms with van der Waals surface area (Å²) in [5, 5.41) is 6.45. The van der Waals surface area contributed by atoms with Crippen molar-refractivity contribution in [1.82, 2.24) is 10.1 Å². The summed E-state index contributed by atoms with van der Waals surface area (Å²) in [5.74, 6) is 0.731. The van der Waals surface area contributed by atoms with Crippen molar-refractivity contribution < 1.29 is 9.32 Å². The Morgan fingerprint density at radius 2 is 1.79 bits per heavy atom. The minimum absolute atomic E-state index is 0.301. The molecule has 7 heteroatoms. The van der Waals surface area contributed by atoms with E-state index in [9.17, 15) is 4.79 Å². The number of aromatic nitrogens is 2. The Morgan fingerprint density at radius 3 is 2.45 bits per heavy atom. The van der Waals surface area contributed by atoms with Gasteiger partial charge >= 0.3 is 0 Å². The van der Waals surface area contributed by atoms with E-state index in [2.05, 4.69) is 57.3 Å². The van der Waals surface area contributed by atoms with E-state index in [1.54, 1.807) is 25.3 Å². The Labute approximate surface area is 170 Å². The molecule has 7 nitrogen and oxygen atoms in total. The molecule has 1 saturated heterocycles. The minimum atomic E-state index is -0.301. The van der Waals surface area contributed by atoms with Crippen LogP contribution in [0.1, 0.15) is 27.4 Å². The lowest BCUT2D eigenvalue weighted by Crippen LogP contribution is -2.46. The summed E-state index contributed by atoms with van der Waals surface area (Å²) < 4.78 is 4.96. The molecule has 0 radical (unpaired) electrons. The highest BCUT2D eigenvalue weighted by Crippen LogP contribution is 2.25. The second kappa shape index (κ2) is 7.95. The number of nitrogens with one attached hydrogen (secondary N) is 1. The van der Waals surface area contributed by atoms with E-state index < -0.39 is 0 Å². The predicted octanol–water partition coefficient (Wildman–Crippen LogP) is 3.57. The fraction of sp³-hybridized carbons (Fsp3) is 0.318. The highest BCUT2D eigenvalue weighted by Gasteiger charge is 2.20. The van der Waals surface area contributed by atoms with E-state index in [-0.39, 0.29) is 5.91 Å². The molecule has 0 saturated carbocycles. The van der Waals surface area contributed by atoms with Gasteiger partial charge in [0.05, 0.1) is 11.9 Å². The lowest BCUT2D eigenvalue weighted by Gasteiger charge is -2.38. The van der Waals surface area contributed by atoms with Crippen molar-refractivity contribution in [2.75, 3.05) is 41.3 Å². The summed E-state index contributed by atoms with van der Waals surface area (Å²) in [6.45, 7) is 9.86. The Bertz CT molecular complexity index is 1000. The van der Waals surface area contributed by atoms with Crippen molar-refractivity contribution >= 4 is 23.1 Å². The SMILES string of the molecule is Cc1cc(NC(=O)c2ccc(N3CCN(c4cccc(C)c4C)CC3)cn2)no1. The number of anilines is 3. The van der Waals surface area contributed by atoms with Gasteiger partial charge in [-0.2, -0.15) is 0 Å². The quantitative estimate of drug-likeness (QED) is 0.733. The fourth-order valence-electron chi connectivity index (χ4n) is 3.60. The number of pyridine rings is 1. The number of hydrogen-bond acceptors (Lipinski definition) is 6. The summed E-state index contributed by atoms with van der Waals surface area (Å²) in [5.41, 5.74) is 5.37. The second-order valence-corrected chi connectivity index (χ2v) is 7.37. The van der Waals surface area contributed by atoms with Gasteiger partial charge in [0.1, 0.15) is 11.5 Å². The van der Waals surface area contributed by atoms with Crippen LogP contribution < -0.4 is 15.1 Å². The molecule has 3 aromatic rings. The lowest BCUT2D eigenvalue weighted by atomic mass is 10.1. The van der Waals surface area contributed by atoms with Gasteiger partial charge in [-0.15, -0.1) is 0 Å². The van der Waals surface area contributed by atoms with Gasteiger partial charge in [-0.3, -0.25) is 4.79 Å². The number of aryl methyl sites for hydroxylation is 2. The van der Waals surface area contributed by atoms with E-state index in [0.29, 0.717) is 17.3 Å². The van der Waals surface area contributed by atoms with Gasteiger partial charge in [-0.05, 0) is 50.1 Å². The molecule has 1 aromatic carbocycles. The number of rotatable bonds is 4. The zero-order valence-electron chi connectivity index (χ0n) is 17.0. The molecule has 1 N–H and O–H groups in total. The van der Waals surface area contributed by atoms with E-state index in [1.165, 1.54) is 16.8 Å². The van der Waals surface area contributed by atoms with Gasteiger partial charge < -0.3 is 19.6 Å². The van der Waals surface area contributed by atoms with E-state index in [0.717, 1.165) is 31.9 Å². The van der Waals surface area contributed by atoms with E-state index >= 15 is 0 Å². The second-order valence-electron chi connectivity index (χ2n) is 7.37. The first-order valence-electron chi connectivity index (χ1n) is 9.78. The Hall–Kier alpha value is -3.35. The summed E-state index contributed by atoms with van der Waals surface area (Å²) >= 11 is 0. The summed E-state index contributed by atoms with van der Waals surface area (Å²) in [4.78, 5) is 21.4. The average molecular weight is 391 g/mol. The molecule has 0 bridgehead atoms. The topological polar surface area (TPSA) is 74.5 Å². The minimum Gasteiger partial charge on any atom is -0.368 e. The highest BCUT2D eigenvalue weighted by atomic mass is 16.5. The Morgan fingerprint density at radius 1 is 1.03 bits per heavy atom. The molecule has 0 atom stereocenters. The predicted molar refractivity (Wildman–Crippen MR) is 114 cm³/mol. The molecule has 2 aromatic heterocycles. The first kappa shape index (κ1) is 19.0. The molecule has 3 heterocycles. The number of carbonyl (C=O) groups excluding carboxylic acids is 1. The van der Waals surface area contributed by atoms with Crippen LogP contribution in [-0.4, -0.2) is 42.2 Å². The zero-order valence-corrected chi connectivity index (χ0v) is 17.0. The Kier molecular flexibility index (Phi) is 5.20. The number of carbonyl (C=O) groups is 1. The van der Waals surface area contributed by atoms with Crippen molar-refractivity contribution in [3.63, 3.8) is 0 Å². The molecule has 4 rings (SSSR count). The largest absolute Gasteiger partial charge is 0.368 e. The van der Waals surface area contributed by atoms with Gasteiger partial charge in [-0.1, -0.05) is 17.3 Å². The third-order valence-electron chi connectivity index (χ3n) is 5.41. The zero-order chi connectivity index (χ0) is 20.4. The molecule has 0 unspecified atom stereocenters. The highest BCUT2D eigenvalue weighted by molar-refractivity contribution is 6.02. The van der Waals surface area contributed by atoms with Gasteiger partial charge in [0.25, 0.3) is 5.91 Å². The summed E-state index contributed by atoms with van der Waals surface area (Å²) in [6, 6.07) is 11.8. The van der Waals surface area contributed by atoms with Crippen LogP contribution in [0.15, 0.2) is 47.1 Å². The molecule has 1 aliphatic rings. The van der Waals surface area contributed by atoms with Gasteiger partial charge in [0, 0.05) is 37.9 Å². The number of hydrogen-bond donors (Lipinski definition) is 1. The number of nitrogens with zero attached hydrogens (tertiary/aromatic N) is 4. The van der Waals surface area contributed by atoms with Gasteiger partial charge in [0.2, 0.25) is 0 Å². The van der Waals surface area contributed by atoms with Gasteiger partial charge in [0.15, 0.2) is 5.82 Å². The van der Waals surface area contributed by atoms with Crippen molar-refractivity contribution in [3.8, 4) is 0 Å². The van der Waals surface area contributed by atoms with Crippen molar-refractivity contribution in [1.29, 1.82) is 0 Å². The molecule has 0 aliphatic carbocycles. The first-order chi connectivity index (χ1) is 14.0. The molecule has 150 valence electrons. The van der Waals surface area contributed by atoms with Crippen molar-refractivity contribution in [2.24, 2.45) is 0 Å². The Balaban J connectivity index is 1.37. The number of benzene rings is 1. The van der Waals surface area contributed by atoms with Crippen LogP contribution in [0.3, 0.4) is 0 Å². The molecule has 29 heavy (non-hydrogen) atoms. The third-order valence-corrected chi connectivity index (χ3v) is 5.41. The molecule has 1 amide bonds. The average Bonchev–Trinajstić information content (AvgIpc) is 3.15. The van der Waals surface area contributed by atoms with Crippen LogP contribution in [0, 0.1) is 20.8 Å². The standard InChI is InChI=1S/C22H25N5O2/c1-15-5-4-6-20(17(15)3)27-11-9-26(10-12-27)18-7-8-19(23-14-18)22(28)24-21-13-16(2)29-25-21/h4-8,13-14H,9-12H2,1-3H3,(H,24,25,28). The summed E-state index contributed by atoms with van der Waals surface area (Å²) in [7, 11) is 0. The third kappa shape index (κ3) is 4.08. The molecular weight excluding hydrogens is 366 g/mol. The summed E-state index contributed by atoms with van der Waals surface area (Å²) in [6.07, 6.45) is 1.76. The normalized spacial score (nSPS) is 14.2. The number of amides is 1. The molecular formula is C22H25N5O2. The van der Waals surface area contributed by atoms with Crippen LogP contribution in [0.4, 0.5) is 17.2 Å². The van der Waals surface area contributed by atoms with Gasteiger partial charge in [-0.25, -0.2) is 4.98 Å². The van der Waals surface area contributed by atoms with Crippen molar-refractivity contribution in [3.05, 3.63) is 65.2 Å². The number of piperazine rings is 1.